The van der Waals surface area contributed by atoms with E-state index in [9.17, 15) is 0 Å². The Bertz CT molecular complexity index is 352. The maximum absolute atomic E-state index is 3.70. The lowest BCUT2D eigenvalue weighted by Crippen LogP contribution is -2.27. The van der Waals surface area contributed by atoms with Crippen LogP contribution >= 0.6 is 0 Å². The first-order valence-corrected chi connectivity index (χ1v) is 7.82. The molecule has 106 valence electrons. The molecule has 1 aromatic carbocycles. The summed E-state index contributed by atoms with van der Waals surface area (Å²) in [5.74, 6) is 0. The summed E-state index contributed by atoms with van der Waals surface area (Å²) in [5, 5.41) is 3.70. The molecule has 2 heteroatoms. The Labute approximate surface area is 118 Å². The predicted molar refractivity (Wildman–Crippen MR) is 82.5 cm³/mol. The molecule has 0 radical (unpaired) electrons. The summed E-state index contributed by atoms with van der Waals surface area (Å²) in [6.45, 7) is 9.43. The molecular formula is C17H28N2. The van der Waals surface area contributed by atoms with E-state index in [0.29, 0.717) is 6.04 Å². The van der Waals surface area contributed by atoms with Crippen molar-refractivity contribution in [1.29, 1.82) is 0 Å². The molecule has 1 unspecified atom stereocenters. The monoisotopic (exact) mass is 260 g/mol. The van der Waals surface area contributed by atoms with Crippen LogP contribution in [-0.4, -0.2) is 31.1 Å². The van der Waals surface area contributed by atoms with E-state index >= 15 is 0 Å². The Hall–Kier alpha value is -0.860. The van der Waals surface area contributed by atoms with Crippen LogP contribution in [0, 0.1) is 6.92 Å². The highest BCUT2D eigenvalue weighted by molar-refractivity contribution is 5.23. The molecule has 1 aliphatic heterocycles. The van der Waals surface area contributed by atoms with Crippen molar-refractivity contribution >= 4 is 0 Å². The van der Waals surface area contributed by atoms with E-state index in [-0.39, 0.29) is 0 Å². The molecule has 1 aliphatic rings. The molecule has 1 N–H and O–H groups in total. The second-order valence-corrected chi connectivity index (χ2v) is 5.73. The van der Waals surface area contributed by atoms with Crippen molar-refractivity contribution in [2.45, 2.75) is 45.6 Å². The lowest BCUT2D eigenvalue weighted by atomic mass is 10.0. The fraction of sp³-hybridized carbons (Fsp3) is 0.647. The van der Waals surface area contributed by atoms with E-state index in [1.807, 2.05) is 0 Å². The lowest BCUT2D eigenvalue weighted by Gasteiger charge is -2.19. The van der Waals surface area contributed by atoms with Gasteiger partial charge in [0.05, 0.1) is 0 Å². The van der Waals surface area contributed by atoms with Gasteiger partial charge in [0.1, 0.15) is 0 Å². The predicted octanol–water partition coefficient (Wildman–Crippen LogP) is 3.52. The molecule has 2 rings (SSSR count). The van der Waals surface area contributed by atoms with Gasteiger partial charge < -0.3 is 10.2 Å². The number of aryl methyl sites for hydroxylation is 1. The van der Waals surface area contributed by atoms with Gasteiger partial charge in [-0.3, -0.25) is 0 Å². The van der Waals surface area contributed by atoms with Gasteiger partial charge in [0.2, 0.25) is 0 Å². The zero-order valence-corrected chi connectivity index (χ0v) is 12.5. The minimum Gasteiger partial charge on any atom is -0.310 e. The summed E-state index contributed by atoms with van der Waals surface area (Å²) >= 11 is 0. The van der Waals surface area contributed by atoms with E-state index < -0.39 is 0 Å². The maximum atomic E-state index is 3.70. The minimum absolute atomic E-state index is 0.513. The number of nitrogens with one attached hydrogen (secondary N) is 1. The molecule has 0 amide bonds. The largest absolute Gasteiger partial charge is 0.310 e. The summed E-state index contributed by atoms with van der Waals surface area (Å²) < 4.78 is 0. The molecule has 0 aliphatic carbocycles. The van der Waals surface area contributed by atoms with E-state index in [2.05, 4.69) is 48.3 Å². The topological polar surface area (TPSA) is 15.3 Å². The Morgan fingerprint density at radius 3 is 2.47 bits per heavy atom. The second kappa shape index (κ2) is 7.66. The number of hydrogen-bond acceptors (Lipinski definition) is 2. The summed E-state index contributed by atoms with van der Waals surface area (Å²) in [6, 6.07) is 9.46. The number of hydrogen-bond donors (Lipinski definition) is 1. The van der Waals surface area contributed by atoms with Crippen LogP contribution in [0.3, 0.4) is 0 Å². The van der Waals surface area contributed by atoms with Gasteiger partial charge in [-0.15, -0.1) is 0 Å². The Balaban J connectivity index is 1.71. The van der Waals surface area contributed by atoms with Crippen molar-refractivity contribution in [3.63, 3.8) is 0 Å². The maximum Gasteiger partial charge on any atom is 0.0317 e. The Kier molecular flexibility index (Phi) is 5.87. The van der Waals surface area contributed by atoms with E-state index in [4.69, 9.17) is 0 Å². The van der Waals surface area contributed by atoms with Crippen LogP contribution in [0.25, 0.3) is 0 Å². The summed E-state index contributed by atoms with van der Waals surface area (Å²) in [7, 11) is 0. The first-order chi connectivity index (χ1) is 9.29. The number of benzene rings is 1. The SMILES string of the molecule is CCC(NCCCN1CCCC1)c1ccc(C)cc1. The fourth-order valence-electron chi connectivity index (χ4n) is 2.88. The highest BCUT2D eigenvalue weighted by atomic mass is 15.1. The van der Waals surface area contributed by atoms with Crippen molar-refractivity contribution in [2.24, 2.45) is 0 Å². The van der Waals surface area contributed by atoms with Gasteiger partial charge in [-0.2, -0.15) is 0 Å². The van der Waals surface area contributed by atoms with Crippen LogP contribution in [-0.2, 0) is 0 Å². The van der Waals surface area contributed by atoms with Crippen molar-refractivity contribution in [1.82, 2.24) is 10.2 Å². The lowest BCUT2D eigenvalue weighted by molar-refractivity contribution is 0.327. The molecule has 1 aromatic rings. The van der Waals surface area contributed by atoms with Gasteiger partial charge in [-0.25, -0.2) is 0 Å². The standard InChI is InChI=1S/C17H28N2/c1-3-17(16-9-7-15(2)8-10-16)18-11-6-14-19-12-4-5-13-19/h7-10,17-18H,3-6,11-14H2,1-2H3. The molecular weight excluding hydrogens is 232 g/mol. The molecule has 1 saturated heterocycles. The average Bonchev–Trinajstić information content (AvgIpc) is 2.93. The molecule has 1 atom stereocenters. The van der Waals surface area contributed by atoms with Crippen molar-refractivity contribution in [3.8, 4) is 0 Å². The zero-order chi connectivity index (χ0) is 13.5. The van der Waals surface area contributed by atoms with Gasteiger partial charge in [0.15, 0.2) is 0 Å². The molecule has 2 nitrogen and oxygen atoms in total. The number of likely N-dealkylation sites (tertiary alicyclic amines) is 1. The summed E-state index contributed by atoms with van der Waals surface area (Å²) in [4.78, 5) is 2.59. The van der Waals surface area contributed by atoms with Gasteiger partial charge in [-0.05, 0) is 64.3 Å². The van der Waals surface area contributed by atoms with Crippen molar-refractivity contribution in [3.05, 3.63) is 35.4 Å². The van der Waals surface area contributed by atoms with Crippen LogP contribution in [0.4, 0.5) is 0 Å². The van der Waals surface area contributed by atoms with Crippen LogP contribution in [0.15, 0.2) is 24.3 Å². The van der Waals surface area contributed by atoms with Gasteiger partial charge >= 0.3 is 0 Å². The van der Waals surface area contributed by atoms with E-state index in [1.165, 1.54) is 50.0 Å². The van der Waals surface area contributed by atoms with E-state index in [0.717, 1.165) is 13.0 Å². The van der Waals surface area contributed by atoms with Crippen LogP contribution in [0.1, 0.15) is 49.8 Å². The van der Waals surface area contributed by atoms with Crippen LogP contribution < -0.4 is 5.32 Å². The molecule has 0 bridgehead atoms. The summed E-state index contributed by atoms with van der Waals surface area (Å²) in [6.07, 6.45) is 5.22. The molecule has 1 fully saturated rings. The smallest absolute Gasteiger partial charge is 0.0317 e. The van der Waals surface area contributed by atoms with Crippen LogP contribution in [0.5, 0.6) is 0 Å². The van der Waals surface area contributed by atoms with Gasteiger partial charge in [-0.1, -0.05) is 36.8 Å². The molecule has 0 spiro atoms. The van der Waals surface area contributed by atoms with Gasteiger partial charge in [0.25, 0.3) is 0 Å². The quantitative estimate of drug-likeness (QED) is 0.755. The number of rotatable bonds is 7. The molecule has 19 heavy (non-hydrogen) atoms. The van der Waals surface area contributed by atoms with Gasteiger partial charge in [0, 0.05) is 6.04 Å². The molecule has 0 aromatic heterocycles. The van der Waals surface area contributed by atoms with Crippen molar-refractivity contribution in [2.75, 3.05) is 26.2 Å². The van der Waals surface area contributed by atoms with Crippen LogP contribution in [0.2, 0.25) is 0 Å². The number of nitrogens with zero attached hydrogens (tertiary/aromatic N) is 1. The molecule has 0 saturated carbocycles. The van der Waals surface area contributed by atoms with E-state index in [1.54, 1.807) is 0 Å². The highest BCUT2D eigenvalue weighted by Crippen LogP contribution is 2.17. The average molecular weight is 260 g/mol. The normalized spacial score (nSPS) is 17.8. The second-order valence-electron chi connectivity index (χ2n) is 5.73. The third-order valence-electron chi connectivity index (χ3n) is 4.13. The van der Waals surface area contributed by atoms with Crippen molar-refractivity contribution < 1.29 is 0 Å². The third-order valence-corrected chi connectivity index (χ3v) is 4.13. The summed E-state index contributed by atoms with van der Waals surface area (Å²) in [5.41, 5.74) is 2.77. The highest BCUT2D eigenvalue weighted by Gasteiger charge is 2.11. The Morgan fingerprint density at radius 2 is 1.84 bits per heavy atom. The fourth-order valence-corrected chi connectivity index (χ4v) is 2.88. The molecule has 1 heterocycles. The third kappa shape index (κ3) is 4.63. The first kappa shape index (κ1) is 14.5. The minimum atomic E-state index is 0.513. The zero-order valence-electron chi connectivity index (χ0n) is 12.5. The first-order valence-electron chi connectivity index (χ1n) is 7.82. The Morgan fingerprint density at radius 1 is 1.16 bits per heavy atom.